The summed E-state index contributed by atoms with van der Waals surface area (Å²) in [6.45, 7) is 0.417. The summed E-state index contributed by atoms with van der Waals surface area (Å²) >= 11 is 0. The van der Waals surface area contributed by atoms with E-state index in [2.05, 4.69) is 0 Å². The van der Waals surface area contributed by atoms with Gasteiger partial charge in [0.25, 0.3) is 0 Å². The van der Waals surface area contributed by atoms with Gasteiger partial charge in [-0.3, -0.25) is 4.79 Å². The number of likely N-dealkylation sites (tertiary alicyclic amines) is 1. The van der Waals surface area contributed by atoms with Crippen LogP contribution in [0, 0.1) is 0 Å². The van der Waals surface area contributed by atoms with Gasteiger partial charge in [0.2, 0.25) is 5.91 Å². The topological polar surface area (TPSA) is 60.8 Å². The third-order valence-corrected chi connectivity index (χ3v) is 4.71. The monoisotopic (exact) mass is 330 g/mol. The van der Waals surface area contributed by atoms with Crippen molar-refractivity contribution in [2.24, 2.45) is 7.05 Å². The number of para-hydroxylation sites is 1. The Morgan fingerprint density at radius 2 is 2.00 bits per heavy atom. The van der Waals surface area contributed by atoms with Crippen molar-refractivity contribution in [2.45, 2.75) is 25.0 Å². The molecule has 1 amide bonds. The van der Waals surface area contributed by atoms with Crippen LogP contribution in [0.1, 0.15) is 12.0 Å². The van der Waals surface area contributed by atoms with E-state index in [1.54, 1.807) is 12.0 Å². The van der Waals surface area contributed by atoms with Crippen LogP contribution < -0.4 is 0 Å². The Labute approximate surface area is 140 Å². The van der Waals surface area contributed by atoms with Crippen LogP contribution in [-0.4, -0.2) is 54.3 Å². The van der Waals surface area contributed by atoms with Crippen molar-refractivity contribution in [3.63, 3.8) is 0 Å². The summed E-state index contributed by atoms with van der Waals surface area (Å²) in [7, 11) is 4.90. The molecule has 0 bridgehead atoms. The van der Waals surface area contributed by atoms with E-state index in [1.807, 2.05) is 42.1 Å². The molecular weight excluding hydrogens is 308 g/mol. The van der Waals surface area contributed by atoms with Crippen molar-refractivity contribution in [1.82, 2.24) is 9.47 Å². The van der Waals surface area contributed by atoms with E-state index >= 15 is 0 Å². The van der Waals surface area contributed by atoms with Crippen molar-refractivity contribution in [3.05, 3.63) is 36.0 Å². The van der Waals surface area contributed by atoms with Crippen LogP contribution in [0.25, 0.3) is 10.9 Å². The largest absolute Gasteiger partial charge is 0.467 e. The van der Waals surface area contributed by atoms with Crippen LogP contribution in [0.3, 0.4) is 0 Å². The average molecular weight is 330 g/mol. The number of ether oxygens (including phenoxy) is 2. The van der Waals surface area contributed by atoms with Gasteiger partial charge in [-0.25, -0.2) is 4.79 Å². The minimum absolute atomic E-state index is 0.0821. The van der Waals surface area contributed by atoms with Crippen molar-refractivity contribution in [3.8, 4) is 0 Å². The summed E-state index contributed by atoms with van der Waals surface area (Å²) in [5, 5.41) is 1.06. The fourth-order valence-corrected chi connectivity index (χ4v) is 3.43. The summed E-state index contributed by atoms with van der Waals surface area (Å²) < 4.78 is 12.2. The van der Waals surface area contributed by atoms with E-state index in [4.69, 9.17) is 9.47 Å². The first-order chi connectivity index (χ1) is 11.5. The second-order valence-electron chi connectivity index (χ2n) is 6.14. The number of methoxy groups -OCH3 is 2. The average Bonchev–Trinajstić information content (AvgIpc) is 3.17. The summed E-state index contributed by atoms with van der Waals surface area (Å²) in [5.74, 6) is -0.470. The Kier molecular flexibility index (Phi) is 4.57. The second kappa shape index (κ2) is 6.65. The van der Waals surface area contributed by atoms with Crippen molar-refractivity contribution < 1.29 is 19.1 Å². The number of hydrogen-bond donors (Lipinski definition) is 0. The predicted molar refractivity (Wildman–Crippen MR) is 89.6 cm³/mol. The smallest absolute Gasteiger partial charge is 0.328 e. The van der Waals surface area contributed by atoms with Gasteiger partial charge in [0.05, 0.1) is 19.6 Å². The number of carbonyl (C=O) groups is 2. The normalized spacial score (nSPS) is 20.5. The molecule has 1 aliphatic heterocycles. The number of amides is 1. The number of hydrogen-bond acceptors (Lipinski definition) is 4. The van der Waals surface area contributed by atoms with Crippen LogP contribution in [0.2, 0.25) is 0 Å². The summed E-state index contributed by atoms with van der Waals surface area (Å²) in [6, 6.07) is 7.41. The minimum Gasteiger partial charge on any atom is -0.467 e. The van der Waals surface area contributed by atoms with Crippen molar-refractivity contribution in [1.29, 1.82) is 0 Å². The number of esters is 1. The SMILES string of the molecule is COC(=O)[C@@H]1C[C@@H](OC)CN1C(=O)Cc1cn(C)c2ccccc12. The molecule has 0 unspecified atom stereocenters. The maximum Gasteiger partial charge on any atom is 0.328 e. The predicted octanol–water partition coefficient (Wildman–Crippen LogP) is 1.51. The lowest BCUT2D eigenvalue weighted by Gasteiger charge is -2.22. The molecule has 128 valence electrons. The van der Waals surface area contributed by atoms with E-state index in [0.717, 1.165) is 16.5 Å². The van der Waals surface area contributed by atoms with Crippen molar-refractivity contribution >= 4 is 22.8 Å². The summed E-state index contributed by atoms with van der Waals surface area (Å²) in [6.07, 6.45) is 2.57. The molecule has 6 nitrogen and oxygen atoms in total. The zero-order valence-electron chi connectivity index (χ0n) is 14.2. The fraction of sp³-hybridized carbons (Fsp3) is 0.444. The molecule has 3 rings (SSSR count). The molecule has 0 radical (unpaired) electrons. The summed E-state index contributed by atoms with van der Waals surface area (Å²) in [4.78, 5) is 26.4. The molecule has 1 aliphatic rings. The molecule has 2 aromatic rings. The fourth-order valence-electron chi connectivity index (χ4n) is 3.43. The summed E-state index contributed by atoms with van der Waals surface area (Å²) in [5.41, 5.74) is 2.04. The Bertz CT molecular complexity index is 767. The van der Waals surface area contributed by atoms with Gasteiger partial charge in [-0.2, -0.15) is 0 Å². The molecule has 6 heteroatoms. The van der Waals surface area contributed by atoms with Gasteiger partial charge in [-0.15, -0.1) is 0 Å². The molecular formula is C18H22N2O4. The van der Waals surface area contributed by atoms with E-state index < -0.39 is 6.04 Å². The standard InChI is InChI=1S/C18H22N2O4/c1-19-10-12(14-6-4-5-7-15(14)19)8-17(21)20-11-13(23-2)9-16(20)18(22)24-3/h4-7,10,13,16H,8-9,11H2,1-3H3/t13-,16+/m1/s1. The second-order valence-corrected chi connectivity index (χ2v) is 6.14. The van der Waals surface area contributed by atoms with Crippen LogP contribution in [0.15, 0.2) is 30.5 Å². The van der Waals surface area contributed by atoms with E-state index in [0.29, 0.717) is 13.0 Å². The van der Waals surface area contributed by atoms with Gasteiger partial charge in [0.1, 0.15) is 6.04 Å². The third-order valence-electron chi connectivity index (χ3n) is 4.71. The molecule has 2 heterocycles. The molecule has 1 fully saturated rings. The van der Waals surface area contributed by atoms with Gasteiger partial charge < -0.3 is 18.9 Å². The zero-order valence-corrected chi connectivity index (χ0v) is 14.2. The number of benzene rings is 1. The molecule has 2 atom stereocenters. The van der Waals surface area contributed by atoms with Gasteiger partial charge in [0, 0.05) is 44.2 Å². The number of fused-ring (bicyclic) bond motifs is 1. The molecule has 0 spiro atoms. The highest BCUT2D eigenvalue weighted by Crippen LogP contribution is 2.25. The van der Waals surface area contributed by atoms with Gasteiger partial charge in [0.15, 0.2) is 0 Å². The first-order valence-electron chi connectivity index (χ1n) is 7.98. The van der Waals surface area contributed by atoms with E-state index in [-0.39, 0.29) is 24.4 Å². The quantitative estimate of drug-likeness (QED) is 0.797. The first kappa shape index (κ1) is 16.5. The van der Waals surface area contributed by atoms with Gasteiger partial charge in [-0.1, -0.05) is 18.2 Å². The van der Waals surface area contributed by atoms with Crippen molar-refractivity contribution in [2.75, 3.05) is 20.8 Å². The van der Waals surface area contributed by atoms with E-state index in [1.165, 1.54) is 7.11 Å². The lowest BCUT2D eigenvalue weighted by molar-refractivity contribution is -0.150. The lowest BCUT2D eigenvalue weighted by atomic mass is 10.1. The Morgan fingerprint density at radius 3 is 2.71 bits per heavy atom. The molecule has 0 aliphatic carbocycles. The highest BCUT2D eigenvalue weighted by molar-refractivity contribution is 5.91. The molecule has 1 saturated heterocycles. The Morgan fingerprint density at radius 1 is 1.25 bits per heavy atom. The lowest BCUT2D eigenvalue weighted by Crippen LogP contribution is -2.42. The van der Waals surface area contributed by atoms with Gasteiger partial charge >= 0.3 is 5.97 Å². The van der Waals surface area contributed by atoms with Crippen LogP contribution in [0.4, 0.5) is 0 Å². The number of nitrogens with zero attached hydrogens (tertiary/aromatic N) is 2. The Hall–Kier alpha value is -2.34. The van der Waals surface area contributed by atoms with Gasteiger partial charge in [-0.05, 0) is 11.6 Å². The molecule has 1 aromatic carbocycles. The number of aryl methyl sites for hydroxylation is 1. The van der Waals surface area contributed by atoms with E-state index in [9.17, 15) is 9.59 Å². The van der Waals surface area contributed by atoms with Crippen LogP contribution >= 0.6 is 0 Å². The first-order valence-corrected chi connectivity index (χ1v) is 7.98. The van der Waals surface area contributed by atoms with Crippen LogP contribution in [-0.2, 0) is 32.5 Å². The maximum absolute atomic E-state index is 12.8. The highest BCUT2D eigenvalue weighted by atomic mass is 16.5. The maximum atomic E-state index is 12.8. The highest BCUT2D eigenvalue weighted by Gasteiger charge is 2.40. The molecule has 24 heavy (non-hydrogen) atoms. The Balaban J connectivity index is 1.83. The number of carbonyl (C=O) groups excluding carboxylic acids is 2. The number of rotatable bonds is 4. The molecule has 1 aromatic heterocycles. The molecule has 0 N–H and O–H groups in total. The third kappa shape index (κ3) is 2.89. The van der Waals surface area contributed by atoms with Crippen LogP contribution in [0.5, 0.6) is 0 Å². The number of aromatic nitrogens is 1. The molecule has 0 saturated carbocycles. The minimum atomic E-state index is -0.567. The zero-order chi connectivity index (χ0) is 17.3.